The Morgan fingerprint density at radius 2 is 1.73 bits per heavy atom. The monoisotopic (exact) mass is 247 g/mol. The largest absolute Gasteiger partial charge is 0.244 e. The maximum Gasteiger partial charge on any atom is 0.244 e. The van der Waals surface area contributed by atoms with Crippen LogP contribution in [0.4, 0.5) is 0 Å². The van der Waals surface area contributed by atoms with Gasteiger partial charge in [-0.15, -0.1) is 0 Å². The molecule has 1 aromatic rings. The molecule has 5 heteroatoms. The standard InChI is InChI=1S/C10H14ClNO2S/c1-3-12(4-2)15(13,14)10-8-6-5-7-9(10)11/h5-8H,3-4H2,1-2H3. The number of sulfonamides is 1. The number of benzene rings is 1. The molecule has 0 radical (unpaired) electrons. The molecule has 0 spiro atoms. The lowest BCUT2D eigenvalue weighted by molar-refractivity contribution is 0.445. The van der Waals surface area contributed by atoms with Gasteiger partial charge in [0.25, 0.3) is 0 Å². The first-order chi connectivity index (χ1) is 7.04. The summed E-state index contributed by atoms with van der Waals surface area (Å²) in [6, 6.07) is 6.49. The normalized spacial score (nSPS) is 12.0. The Bertz CT molecular complexity index is 427. The number of rotatable bonds is 4. The van der Waals surface area contributed by atoms with E-state index in [-0.39, 0.29) is 9.92 Å². The molecule has 0 atom stereocenters. The second-order valence-corrected chi connectivity index (χ2v) is 5.33. The summed E-state index contributed by atoms with van der Waals surface area (Å²) in [7, 11) is -3.43. The first kappa shape index (κ1) is 12.5. The van der Waals surface area contributed by atoms with Crippen LogP contribution < -0.4 is 0 Å². The molecule has 1 rings (SSSR count). The minimum absolute atomic E-state index is 0.176. The summed E-state index contributed by atoms with van der Waals surface area (Å²) in [4.78, 5) is 0.176. The minimum atomic E-state index is -3.43. The van der Waals surface area contributed by atoms with Gasteiger partial charge in [0.2, 0.25) is 10.0 Å². The smallest absolute Gasteiger partial charge is 0.207 e. The molecule has 0 unspecified atom stereocenters. The molecule has 1 aromatic carbocycles. The molecule has 0 saturated heterocycles. The van der Waals surface area contributed by atoms with Crippen molar-refractivity contribution in [2.24, 2.45) is 0 Å². The van der Waals surface area contributed by atoms with Gasteiger partial charge in [-0.25, -0.2) is 8.42 Å². The first-order valence-corrected chi connectivity index (χ1v) is 6.60. The molecule has 0 aliphatic carbocycles. The highest BCUT2D eigenvalue weighted by molar-refractivity contribution is 7.89. The van der Waals surface area contributed by atoms with E-state index in [4.69, 9.17) is 11.6 Å². The van der Waals surface area contributed by atoms with Crippen molar-refractivity contribution in [3.63, 3.8) is 0 Å². The van der Waals surface area contributed by atoms with Gasteiger partial charge in [-0.05, 0) is 12.1 Å². The SMILES string of the molecule is CCN(CC)S(=O)(=O)c1ccccc1Cl. The van der Waals surface area contributed by atoms with E-state index in [0.717, 1.165) is 0 Å². The maximum absolute atomic E-state index is 12.1. The van der Waals surface area contributed by atoms with Gasteiger partial charge < -0.3 is 0 Å². The third kappa shape index (κ3) is 2.51. The van der Waals surface area contributed by atoms with Gasteiger partial charge in [-0.3, -0.25) is 0 Å². The lowest BCUT2D eigenvalue weighted by Crippen LogP contribution is -2.30. The van der Waals surface area contributed by atoms with E-state index in [1.165, 1.54) is 10.4 Å². The van der Waals surface area contributed by atoms with Crippen molar-refractivity contribution in [3.8, 4) is 0 Å². The fourth-order valence-corrected chi connectivity index (χ4v) is 3.31. The van der Waals surface area contributed by atoms with Crippen LogP contribution in [0, 0.1) is 0 Å². The maximum atomic E-state index is 12.1. The molecular formula is C10H14ClNO2S. The van der Waals surface area contributed by atoms with E-state index >= 15 is 0 Å². The summed E-state index contributed by atoms with van der Waals surface area (Å²) in [5.41, 5.74) is 0. The van der Waals surface area contributed by atoms with Crippen LogP contribution in [0.5, 0.6) is 0 Å². The van der Waals surface area contributed by atoms with Crippen molar-refractivity contribution in [2.75, 3.05) is 13.1 Å². The van der Waals surface area contributed by atoms with Crippen LogP contribution in [-0.2, 0) is 10.0 Å². The zero-order chi connectivity index (χ0) is 11.5. The van der Waals surface area contributed by atoms with E-state index in [2.05, 4.69) is 0 Å². The summed E-state index contributed by atoms with van der Waals surface area (Å²) >= 11 is 5.86. The highest BCUT2D eigenvalue weighted by Gasteiger charge is 2.23. The van der Waals surface area contributed by atoms with Crippen molar-refractivity contribution in [3.05, 3.63) is 29.3 Å². The minimum Gasteiger partial charge on any atom is -0.207 e. The van der Waals surface area contributed by atoms with E-state index in [1.54, 1.807) is 32.0 Å². The lowest BCUT2D eigenvalue weighted by Gasteiger charge is -2.18. The zero-order valence-corrected chi connectivity index (χ0v) is 10.3. The average Bonchev–Trinajstić information content (AvgIpc) is 2.19. The summed E-state index contributed by atoms with van der Waals surface area (Å²) < 4.78 is 25.5. The highest BCUT2D eigenvalue weighted by Crippen LogP contribution is 2.23. The molecule has 0 amide bonds. The summed E-state index contributed by atoms with van der Waals surface area (Å²) in [5, 5.41) is 0.268. The van der Waals surface area contributed by atoms with Crippen molar-refractivity contribution in [1.29, 1.82) is 0 Å². The summed E-state index contributed by atoms with van der Waals surface area (Å²) in [6.07, 6.45) is 0. The Hall–Kier alpha value is -0.580. The van der Waals surface area contributed by atoms with Crippen LogP contribution in [0.1, 0.15) is 13.8 Å². The van der Waals surface area contributed by atoms with Gasteiger partial charge in [-0.2, -0.15) is 4.31 Å². The zero-order valence-electron chi connectivity index (χ0n) is 8.77. The fourth-order valence-electron chi connectivity index (χ4n) is 1.36. The Balaban J connectivity index is 3.23. The van der Waals surface area contributed by atoms with Gasteiger partial charge in [0.05, 0.1) is 5.02 Å². The number of nitrogens with zero attached hydrogens (tertiary/aromatic N) is 1. The topological polar surface area (TPSA) is 37.4 Å². The van der Waals surface area contributed by atoms with Crippen LogP contribution in [0.15, 0.2) is 29.2 Å². The van der Waals surface area contributed by atoms with Gasteiger partial charge in [-0.1, -0.05) is 37.6 Å². The van der Waals surface area contributed by atoms with Crippen LogP contribution >= 0.6 is 11.6 Å². The predicted octanol–water partition coefficient (Wildman–Crippen LogP) is 2.37. The van der Waals surface area contributed by atoms with Crippen LogP contribution in [0.25, 0.3) is 0 Å². The summed E-state index contributed by atoms with van der Waals surface area (Å²) in [6.45, 7) is 4.50. The van der Waals surface area contributed by atoms with Crippen molar-refractivity contribution in [2.45, 2.75) is 18.7 Å². The molecule has 0 aromatic heterocycles. The lowest BCUT2D eigenvalue weighted by atomic mass is 10.4. The Morgan fingerprint density at radius 1 is 1.20 bits per heavy atom. The van der Waals surface area contributed by atoms with Crippen molar-refractivity contribution in [1.82, 2.24) is 4.31 Å². The van der Waals surface area contributed by atoms with Crippen molar-refractivity contribution < 1.29 is 8.42 Å². The van der Waals surface area contributed by atoms with Crippen LogP contribution in [-0.4, -0.2) is 25.8 Å². The molecule has 0 aliphatic rings. The number of hydrogen-bond acceptors (Lipinski definition) is 2. The molecule has 0 fully saturated rings. The van der Waals surface area contributed by atoms with E-state index in [1.807, 2.05) is 0 Å². The molecule has 0 heterocycles. The molecule has 3 nitrogen and oxygen atoms in total. The second kappa shape index (κ2) is 4.96. The van der Waals surface area contributed by atoms with Crippen LogP contribution in [0.2, 0.25) is 5.02 Å². The number of halogens is 1. The molecule has 15 heavy (non-hydrogen) atoms. The number of hydrogen-bond donors (Lipinski definition) is 0. The van der Waals surface area contributed by atoms with Gasteiger partial charge in [0.1, 0.15) is 4.90 Å². The van der Waals surface area contributed by atoms with Gasteiger partial charge >= 0.3 is 0 Å². The highest BCUT2D eigenvalue weighted by atomic mass is 35.5. The third-order valence-corrected chi connectivity index (χ3v) is 4.71. The first-order valence-electron chi connectivity index (χ1n) is 4.78. The molecule has 0 aliphatic heterocycles. The van der Waals surface area contributed by atoms with E-state index in [0.29, 0.717) is 13.1 Å². The Kier molecular flexibility index (Phi) is 4.13. The third-order valence-electron chi connectivity index (χ3n) is 2.16. The molecular weight excluding hydrogens is 234 g/mol. The predicted molar refractivity (Wildman–Crippen MR) is 61.6 cm³/mol. The molecule has 0 N–H and O–H groups in total. The Labute approximate surface area is 95.7 Å². The van der Waals surface area contributed by atoms with Crippen molar-refractivity contribution >= 4 is 21.6 Å². The van der Waals surface area contributed by atoms with Gasteiger partial charge in [0, 0.05) is 13.1 Å². The van der Waals surface area contributed by atoms with E-state index < -0.39 is 10.0 Å². The second-order valence-electron chi connectivity index (χ2n) is 3.02. The molecule has 0 bridgehead atoms. The fraction of sp³-hybridized carbons (Fsp3) is 0.400. The average molecular weight is 248 g/mol. The van der Waals surface area contributed by atoms with Gasteiger partial charge in [0.15, 0.2) is 0 Å². The summed E-state index contributed by atoms with van der Waals surface area (Å²) in [5.74, 6) is 0. The molecule has 0 saturated carbocycles. The Morgan fingerprint density at radius 3 is 2.20 bits per heavy atom. The quantitative estimate of drug-likeness (QED) is 0.819. The van der Waals surface area contributed by atoms with E-state index in [9.17, 15) is 8.42 Å². The molecule has 84 valence electrons. The van der Waals surface area contributed by atoms with Crippen LogP contribution in [0.3, 0.4) is 0 Å².